The summed E-state index contributed by atoms with van der Waals surface area (Å²) in [6, 6.07) is 0.512. The van der Waals surface area contributed by atoms with Gasteiger partial charge in [0.2, 0.25) is 0 Å². The van der Waals surface area contributed by atoms with Crippen LogP contribution in [0.4, 0.5) is 0 Å². The summed E-state index contributed by atoms with van der Waals surface area (Å²) in [5.74, 6) is 0.420. The Balaban J connectivity index is 1.86. The molecule has 2 rings (SSSR count). The van der Waals surface area contributed by atoms with E-state index < -0.39 is 10.2 Å². The minimum Gasteiger partial charge on any atom is -0.314 e. The van der Waals surface area contributed by atoms with Gasteiger partial charge in [-0.05, 0) is 45.3 Å². The van der Waals surface area contributed by atoms with Gasteiger partial charge in [0.05, 0.1) is 0 Å². The first-order valence-corrected chi connectivity index (χ1v) is 9.50. The highest BCUT2D eigenvalue weighted by Crippen LogP contribution is 2.19. The molecular formula is C14H30N4O2S. The first-order chi connectivity index (χ1) is 9.87. The summed E-state index contributed by atoms with van der Waals surface area (Å²) in [5.41, 5.74) is 0. The van der Waals surface area contributed by atoms with E-state index in [9.17, 15) is 8.42 Å². The number of nitrogens with one attached hydrogen (secondary N) is 2. The third-order valence-corrected chi connectivity index (χ3v) is 5.99. The molecule has 7 heteroatoms. The Morgan fingerprint density at radius 2 is 1.95 bits per heavy atom. The van der Waals surface area contributed by atoms with Gasteiger partial charge in [0.1, 0.15) is 0 Å². The van der Waals surface area contributed by atoms with Gasteiger partial charge in [-0.15, -0.1) is 0 Å². The Morgan fingerprint density at radius 1 is 1.19 bits per heavy atom. The summed E-state index contributed by atoms with van der Waals surface area (Å²) < 4.78 is 29.5. The maximum absolute atomic E-state index is 12.5. The first-order valence-electron chi connectivity index (χ1n) is 8.06. The smallest absolute Gasteiger partial charge is 0.279 e. The molecule has 0 saturated carbocycles. The molecule has 2 heterocycles. The van der Waals surface area contributed by atoms with Gasteiger partial charge in [-0.1, -0.05) is 13.8 Å². The number of hydrogen-bond acceptors (Lipinski definition) is 4. The van der Waals surface area contributed by atoms with Crippen molar-refractivity contribution in [2.75, 3.05) is 39.8 Å². The summed E-state index contributed by atoms with van der Waals surface area (Å²) in [5, 5.41) is 3.42. The van der Waals surface area contributed by atoms with E-state index in [2.05, 4.69) is 28.8 Å². The van der Waals surface area contributed by atoms with Crippen molar-refractivity contribution in [2.24, 2.45) is 5.92 Å². The van der Waals surface area contributed by atoms with Gasteiger partial charge in [-0.2, -0.15) is 17.4 Å². The fourth-order valence-corrected chi connectivity index (χ4v) is 4.67. The van der Waals surface area contributed by atoms with Crippen LogP contribution in [0.1, 0.15) is 33.1 Å². The van der Waals surface area contributed by atoms with Crippen molar-refractivity contribution in [2.45, 2.75) is 45.2 Å². The molecular weight excluding hydrogens is 288 g/mol. The Labute approximate surface area is 129 Å². The molecule has 2 aliphatic heterocycles. The molecule has 2 unspecified atom stereocenters. The van der Waals surface area contributed by atoms with Crippen LogP contribution >= 0.6 is 0 Å². The first kappa shape index (κ1) is 17.1. The van der Waals surface area contributed by atoms with E-state index in [-0.39, 0.29) is 6.04 Å². The van der Waals surface area contributed by atoms with Crippen molar-refractivity contribution >= 4 is 10.2 Å². The van der Waals surface area contributed by atoms with Gasteiger partial charge in [0, 0.05) is 31.7 Å². The molecule has 2 fully saturated rings. The zero-order chi connectivity index (χ0) is 15.5. The average molecular weight is 318 g/mol. The Hall–Kier alpha value is -0.210. The van der Waals surface area contributed by atoms with Gasteiger partial charge >= 0.3 is 0 Å². The molecule has 0 aliphatic carbocycles. The van der Waals surface area contributed by atoms with Crippen molar-refractivity contribution in [3.8, 4) is 0 Å². The van der Waals surface area contributed by atoms with E-state index in [0.29, 0.717) is 25.0 Å². The van der Waals surface area contributed by atoms with E-state index in [1.165, 1.54) is 0 Å². The average Bonchev–Trinajstić information content (AvgIpc) is 2.81. The molecule has 0 aromatic carbocycles. The van der Waals surface area contributed by atoms with Gasteiger partial charge in [-0.3, -0.25) is 0 Å². The lowest BCUT2D eigenvalue weighted by Crippen LogP contribution is -2.50. The number of piperidine rings is 1. The predicted octanol–water partition coefficient (Wildman–Crippen LogP) is 0.235. The van der Waals surface area contributed by atoms with Crippen LogP contribution in [0.15, 0.2) is 0 Å². The Bertz CT molecular complexity index is 427. The second kappa shape index (κ2) is 7.37. The molecule has 0 aromatic rings. The van der Waals surface area contributed by atoms with Crippen LogP contribution in [0.3, 0.4) is 0 Å². The molecule has 21 heavy (non-hydrogen) atoms. The highest BCUT2D eigenvalue weighted by atomic mass is 32.2. The van der Waals surface area contributed by atoms with E-state index in [4.69, 9.17) is 0 Å². The Morgan fingerprint density at radius 3 is 2.57 bits per heavy atom. The molecule has 2 aliphatic rings. The fraction of sp³-hybridized carbons (Fsp3) is 1.00. The molecule has 0 bridgehead atoms. The lowest BCUT2D eigenvalue weighted by atomic mass is 9.99. The number of rotatable bonds is 6. The van der Waals surface area contributed by atoms with Gasteiger partial charge in [0.15, 0.2) is 0 Å². The predicted molar refractivity (Wildman–Crippen MR) is 85.4 cm³/mol. The molecule has 6 nitrogen and oxygen atoms in total. The SMILES string of the molecule is CC(C)NCC1CCCN(S(=O)(=O)NC2CCN(C)C2)C1. The number of likely N-dealkylation sites (tertiary alicyclic amines) is 1. The molecule has 2 atom stereocenters. The normalized spacial score (nSPS) is 29.3. The van der Waals surface area contributed by atoms with Crippen LogP contribution in [0.2, 0.25) is 0 Å². The molecule has 0 amide bonds. The van der Waals surface area contributed by atoms with Gasteiger partial charge in [-0.25, -0.2) is 0 Å². The van der Waals surface area contributed by atoms with Crippen LogP contribution in [-0.2, 0) is 10.2 Å². The fourth-order valence-electron chi connectivity index (χ4n) is 3.13. The minimum absolute atomic E-state index is 0.0640. The zero-order valence-corrected chi connectivity index (χ0v) is 14.3. The summed E-state index contributed by atoms with van der Waals surface area (Å²) in [6.45, 7) is 8.20. The summed E-state index contributed by atoms with van der Waals surface area (Å²) >= 11 is 0. The standard InChI is InChI=1S/C14H30N4O2S/c1-12(2)15-9-13-5-4-7-18(10-13)21(19,20)16-14-6-8-17(3)11-14/h12-16H,4-11H2,1-3H3. The summed E-state index contributed by atoms with van der Waals surface area (Å²) in [6.07, 6.45) is 2.97. The maximum Gasteiger partial charge on any atom is 0.279 e. The van der Waals surface area contributed by atoms with E-state index >= 15 is 0 Å². The Kier molecular flexibility index (Phi) is 6.02. The highest BCUT2D eigenvalue weighted by Gasteiger charge is 2.32. The second-order valence-corrected chi connectivity index (χ2v) is 8.50. The monoisotopic (exact) mass is 318 g/mol. The number of hydrogen-bond donors (Lipinski definition) is 2. The summed E-state index contributed by atoms with van der Waals surface area (Å²) in [4.78, 5) is 2.17. The van der Waals surface area contributed by atoms with Crippen LogP contribution in [0.5, 0.6) is 0 Å². The van der Waals surface area contributed by atoms with Crippen molar-refractivity contribution in [3.63, 3.8) is 0 Å². The molecule has 2 N–H and O–H groups in total. The van der Waals surface area contributed by atoms with E-state index in [0.717, 1.165) is 38.9 Å². The van der Waals surface area contributed by atoms with Crippen molar-refractivity contribution in [1.82, 2.24) is 19.2 Å². The van der Waals surface area contributed by atoms with Crippen LogP contribution in [0, 0.1) is 5.92 Å². The lowest BCUT2D eigenvalue weighted by molar-refractivity contribution is 0.253. The third kappa shape index (κ3) is 5.17. The van der Waals surface area contributed by atoms with Crippen molar-refractivity contribution in [1.29, 1.82) is 0 Å². The van der Waals surface area contributed by atoms with Gasteiger partial charge in [0.25, 0.3) is 10.2 Å². The number of likely N-dealkylation sites (N-methyl/N-ethyl adjacent to an activating group) is 1. The van der Waals surface area contributed by atoms with E-state index in [1.54, 1.807) is 4.31 Å². The summed E-state index contributed by atoms with van der Waals surface area (Å²) in [7, 11) is -1.30. The maximum atomic E-state index is 12.5. The van der Waals surface area contributed by atoms with Crippen LogP contribution < -0.4 is 10.0 Å². The zero-order valence-electron chi connectivity index (χ0n) is 13.5. The third-order valence-electron chi connectivity index (χ3n) is 4.34. The topological polar surface area (TPSA) is 64.7 Å². The quantitative estimate of drug-likeness (QED) is 0.736. The van der Waals surface area contributed by atoms with Crippen LogP contribution in [-0.4, -0.2) is 69.5 Å². The molecule has 124 valence electrons. The van der Waals surface area contributed by atoms with Crippen molar-refractivity contribution in [3.05, 3.63) is 0 Å². The van der Waals surface area contributed by atoms with E-state index in [1.807, 2.05) is 7.05 Å². The largest absolute Gasteiger partial charge is 0.314 e. The minimum atomic E-state index is -3.33. The van der Waals surface area contributed by atoms with Gasteiger partial charge < -0.3 is 10.2 Å². The number of nitrogens with zero attached hydrogens (tertiary/aromatic N) is 2. The molecule has 2 saturated heterocycles. The van der Waals surface area contributed by atoms with Crippen LogP contribution in [0.25, 0.3) is 0 Å². The second-order valence-electron chi connectivity index (χ2n) is 6.80. The lowest BCUT2D eigenvalue weighted by Gasteiger charge is -2.33. The highest BCUT2D eigenvalue weighted by molar-refractivity contribution is 7.87. The molecule has 0 radical (unpaired) electrons. The van der Waals surface area contributed by atoms with Crippen molar-refractivity contribution < 1.29 is 8.42 Å². The molecule has 0 aromatic heterocycles. The molecule has 0 spiro atoms.